The summed E-state index contributed by atoms with van der Waals surface area (Å²) in [6.45, 7) is 7.90. The number of likely N-dealkylation sites (tertiary alicyclic amines) is 1. The van der Waals surface area contributed by atoms with Gasteiger partial charge >= 0.3 is 0 Å². The second-order valence-corrected chi connectivity index (χ2v) is 11.0. The van der Waals surface area contributed by atoms with Crippen molar-refractivity contribution in [3.8, 4) is 22.8 Å². The molecular weight excluding hydrogens is 504 g/mol. The Morgan fingerprint density at radius 2 is 1.88 bits per heavy atom. The first-order chi connectivity index (χ1) is 19.6. The van der Waals surface area contributed by atoms with Crippen LogP contribution in [0, 0.1) is 5.41 Å². The van der Waals surface area contributed by atoms with Gasteiger partial charge in [-0.2, -0.15) is 5.10 Å². The Morgan fingerprint density at radius 1 is 1.00 bits per heavy atom. The molecule has 0 aliphatic carbocycles. The number of aromatic nitrogens is 6. The number of fused-ring (bicyclic) bond motifs is 3. The highest BCUT2D eigenvalue weighted by atomic mass is 16.5. The zero-order valence-corrected chi connectivity index (χ0v) is 23.0. The maximum Gasteiger partial charge on any atom is 0.212 e. The SMILES string of the molecule is CCOc1cc(-c2ccc(N3CCC4(CCN(Cc5ccc(OC)nc5)C4)CC3)nc2)c2c3cn[nH]c3nn2c1. The fourth-order valence-corrected chi connectivity index (χ4v) is 6.40. The van der Waals surface area contributed by atoms with E-state index < -0.39 is 0 Å². The summed E-state index contributed by atoms with van der Waals surface area (Å²) in [6.07, 6.45) is 11.3. The molecule has 0 amide bonds. The van der Waals surface area contributed by atoms with Crippen LogP contribution >= 0.6 is 0 Å². The van der Waals surface area contributed by atoms with Crippen molar-refractivity contribution < 1.29 is 9.47 Å². The van der Waals surface area contributed by atoms with E-state index in [0.717, 1.165) is 72.0 Å². The van der Waals surface area contributed by atoms with Crippen LogP contribution in [0.5, 0.6) is 11.6 Å². The Hall–Kier alpha value is -4.18. The van der Waals surface area contributed by atoms with Crippen LogP contribution in [0.15, 0.2) is 55.1 Å². The van der Waals surface area contributed by atoms with E-state index in [1.165, 1.54) is 24.8 Å². The summed E-state index contributed by atoms with van der Waals surface area (Å²) in [4.78, 5) is 14.3. The van der Waals surface area contributed by atoms with E-state index >= 15 is 0 Å². The molecule has 7 rings (SSSR count). The number of nitrogens with zero attached hydrogens (tertiary/aromatic N) is 7. The summed E-state index contributed by atoms with van der Waals surface area (Å²) in [5.74, 6) is 2.49. The number of hydrogen-bond acceptors (Lipinski definition) is 8. The molecule has 5 aromatic heterocycles. The van der Waals surface area contributed by atoms with Crippen molar-refractivity contribution >= 4 is 22.4 Å². The van der Waals surface area contributed by atoms with Gasteiger partial charge in [0.25, 0.3) is 0 Å². The summed E-state index contributed by atoms with van der Waals surface area (Å²) in [5.41, 5.74) is 5.47. The van der Waals surface area contributed by atoms with Crippen LogP contribution in [0.3, 0.4) is 0 Å². The molecule has 2 fully saturated rings. The van der Waals surface area contributed by atoms with E-state index in [-0.39, 0.29) is 0 Å². The van der Waals surface area contributed by atoms with Crippen LogP contribution in [0.4, 0.5) is 5.82 Å². The topological polar surface area (TPSA) is 96.7 Å². The Bertz CT molecular complexity index is 1620. The maximum atomic E-state index is 5.84. The monoisotopic (exact) mass is 538 g/mol. The standard InChI is InChI=1S/C30H34N8O2/c1-3-40-23-14-24(28-25-17-33-34-29(25)35-38(28)19-23)22-5-6-26(31-16-22)37-12-9-30(10-13-37)8-11-36(20-30)18-21-4-7-27(39-2)32-15-21/h4-7,14-17,19H,3,8-13,18,20H2,1-2H3,(H,34,35). The van der Waals surface area contributed by atoms with Crippen molar-refractivity contribution in [1.29, 1.82) is 0 Å². The highest BCUT2D eigenvalue weighted by molar-refractivity contribution is 6.00. The average Bonchev–Trinajstić information content (AvgIpc) is 3.69. The lowest BCUT2D eigenvalue weighted by Crippen LogP contribution is -2.41. The number of nitrogens with one attached hydrogen (secondary N) is 1. The number of piperidine rings is 1. The number of methoxy groups -OCH3 is 1. The smallest absolute Gasteiger partial charge is 0.212 e. The molecule has 40 heavy (non-hydrogen) atoms. The molecular formula is C30H34N8O2. The van der Waals surface area contributed by atoms with Gasteiger partial charge in [-0.25, -0.2) is 14.5 Å². The molecule has 206 valence electrons. The van der Waals surface area contributed by atoms with Crippen LogP contribution in [-0.2, 0) is 6.54 Å². The predicted octanol–water partition coefficient (Wildman–Crippen LogP) is 4.57. The Kier molecular flexibility index (Phi) is 6.27. The molecule has 1 N–H and O–H groups in total. The summed E-state index contributed by atoms with van der Waals surface area (Å²) < 4.78 is 12.9. The van der Waals surface area contributed by atoms with Gasteiger partial charge in [0.15, 0.2) is 5.65 Å². The van der Waals surface area contributed by atoms with Gasteiger partial charge in [0.05, 0.1) is 37.0 Å². The molecule has 7 heterocycles. The van der Waals surface area contributed by atoms with E-state index in [0.29, 0.717) is 17.9 Å². The Labute approximate surface area is 232 Å². The number of H-pyrrole nitrogens is 1. The Balaban J connectivity index is 1.04. The molecule has 1 spiro atoms. The molecule has 10 nitrogen and oxygen atoms in total. The largest absolute Gasteiger partial charge is 0.492 e. The van der Waals surface area contributed by atoms with Crippen molar-refractivity contribution in [3.63, 3.8) is 0 Å². The summed E-state index contributed by atoms with van der Waals surface area (Å²) >= 11 is 0. The Morgan fingerprint density at radius 3 is 2.62 bits per heavy atom. The van der Waals surface area contributed by atoms with Crippen LogP contribution in [0.25, 0.3) is 27.7 Å². The van der Waals surface area contributed by atoms with Crippen LogP contribution in [-0.4, -0.2) is 74.6 Å². The van der Waals surface area contributed by atoms with Gasteiger partial charge in [-0.05, 0) is 61.9 Å². The summed E-state index contributed by atoms with van der Waals surface area (Å²) in [6, 6.07) is 10.5. The van der Waals surface area contributed by atoms with Gasteiger partial charge in [-0.15, -0.1) is 5.10 Å². The minimum absolute atomic E-state index is 0.402. The molecule has 5 aromatic rings. The van der Waals surface area contributed by atoms with Gasteiger partial charge in [-0.3, -0.25) is 10.00 Å². The quantitative estimate of drug-likeness (QED) is 0.322. The molecule has 0 atom stereocenters. The summed E-state index contributed by atoms with van der Waals surface area (Å²) in [7, 11) is 1.65. The minimum atomic E-state index is 0.402. The van der Waals surface area contributed by atoms with Crippen LogP contribution in [0.2, 0.25) is 0 Å². The normalized spacial score (nSPS) is 17.3. The van der Waals surface area contributed by atoms with Crippen molar-refractivity contribution in [3.05, 3.63) is 60.7 Å². The van der Waals surface area contributed by atoms with Gasteiger partial charge in [-0.1, -0.05) is 6.07 Å². The zero-order chi connectivity index (χ0) is 27.1. The lowest BCUT2D eigenvalue weighted by Gasteiger charge is -2.40. The minimum Gasteiger partial charge on any atom is -0.492 e. The van der Waals surface area contributed by atoms with Crippen molar-refractivity contribution in [1.82, 2.24) is 34.7 Å². The average molecular weight is 539 g/mol. The molecule has 0 radical (unpaired) electrons. The zero-order valence-electron chi connectivity index (χ0n) is 23.0. The molecule has 2 aliphatic rings. The first-order valence-corrected chi connectivity index (χ1v) is 14.0. The molecule has 0 saturated carbocycles. The fraction of sp³-hybridized carbons (Fsp3) is 0.400. The first-order valence-electron chi connectivity index (χ1n) is 14.0. The number of rotatable bonds is 7. The number of ether oxygens (including phenoxy) is 2. The van der Waals surface area contributed by atoms with E-state index in [2.05, 4.69) is 54.3 Å². The van der Waals surface area contributed by atoms with Gasteiger partial charge in [0.1, 0.15) is 11.6 Å². The predicted molar refractivity (Wildman–Crippen MR) is 154 cm³/mol. The lowest BCUT2D eigenvalue weighted by molar-refractivity contribution is 0.205. The third-order valence-electron chi connectivity index (χ3n) is 8.55. The van der Waals surface area contributed by atoms with Crippen molar-refractivity contribution in [2.24, 2.45) is 5.41 Å². The second kappa shape index (κ2) is 10.1. The van der Waals surface area contributed by atoms with Gasteiger partial charge in [0, 0.05) is 55.8 Å². The van der Waals surface area contributed by atoms with Gasteiger partial charge in [0.2, 0.25) is 5.88 Å². The highest BCUT2D eigenvalue weighted by Crippen LogP contribution is 2.42. The van der Waals surface area contributed by atoms with E-state index in [1.54, 1.807) is 7.11 Å². The molecule has 2 saturated heterocycles. The number of anilines is 1. The van der Waals surface area contributed by atoms with Gasteiger partial charge < -0.3 is 14.4 Å². The van der Waals surface area contributed by atoms with Crippen LogP contribution < -0.4 is 14.4 Å². The summed E-state index contributed by atoms with van der Waals surface area (Å²) in [5, 5.41) is 12.8. The first kappa shape index (κ1) is 24.8. The van der Waals surface area contributed by atoms with Crippen molar-refractivity contribution in [2.45, 2.75) is 32.7 Å². The molecule has 2 aliphatic heterocycles. The van der Waals surface area contributed by atoms with E-state index in [4.69, 9.17) is 14.5 Å². The number of aromatic amines is 1. The maximum absolute atomic E-state index is 5.84. The number of pyridine rings is 3. The van der Waals surface area contributed by atoms with Crippen LogP contribution in [0.1, 0.15) is 31.7 Å². The third kappa shape index (κ3) is 4.52. The molecule has 0 aromatic carbocycles. The molecule has 0 bridgehead atoms. The second-order valence-electron chi connectivity index (χ2n) is 11.0. The van der Waals surface area contributed by atoms with Crippen molar-refractivity contribution in [2.75, 3.05) is 44.8 Å². The molecule has 10 heteroatoms. The molecule has 0 unspecified atom stereocenters. The number of hydrogen-bond donors (Lipinski definition) is 1. The lowest BCUT2D eigenvalue weighted by atomic mass is 9.78. The fourth-order valence-electron chi connectivity index (χ4n) is 6.40. The highest BCUT2D eigenvalue weighted by Gasteiger charge is 2.40. The van der Waals surface area contributed by atoms with E-state index in [1.807, 2.05) is 42.3 Å². The third-order valence-corrected chi connectivity index (χ3v) is 8.55. The van der Waals surface area contributed by atoms with E-state index in [9.17, 15) is 0 Å².